The molecule has 0 amide bonds. The molecule has 4 rings (SSSR count). The van der Waals surface area contributed by atoms with Crippen LogP contribution in [0.4, 0.5) is 5.69 Å². The molecule has 1 aromatic carbocycles. The molecular formula is C23H31N3O. The number of pyridine rings is 1. The molecule has 3 atom stereocenters. The second-order valence-electron chi connectivity index (χ2n) is 8.29. The van der Waals surface area contributed by atoms with Crippen molar-refractivity contribution in [3.63, 3.8) is 0 Å². The number of piperazine rings is 1. The van der Waals surface area contributed by atoms with E-state index in [1.165, 1.54) is 16.8 Å². The molecule has 2 aromatic rings. The molecule has 0 spiro atoms. The molecule has 4 nitrogen and oxygen atoms in total. The lowest BCUT2D eigenvalue weighted by Gasteiger charge is -2.43. The number of aryl methyl sites for hydroxylation is 2. The van der Waals surface area contributed by atoms with Crippen LogP contribution in [-0.4, -0.2) is 47.2 Å². The average Bonchev–Trinajstić information content (AvgIpc) is 2.82. The highest BCUT2D eigenvalue weighted by molar-refractivity contribution is 5.54. The molecule has 27 heavy (non-hydrogen) atoms. The fourth-order valence-electron chi connectivity index (χ4n) is 4.84. The summed E-state index contributed by atoms with van der Waals surface area (Å²) in [6.45, 7) is 8.87. The zero-order valence-electron chi connectivity index (χ0n) is 16.5. The highest BCUT2D eigenvalue weighted by atomic mass is 16.3. The molecule has 4 heteroatoms. The van der Waals surface area contributed by atoms with Gasteiger partial charge in [0.05, 0.1) is 11.8 Å². The molecular weight excluding hydrogens is 334 g/mol. The highest BCUT2D eigenvalue weighted by Gasteiger charge is 2.29. The Hall–Kier alpha value is -1.91. The van der Waals surface area contributed by atoms with Crippen LogP contribution in [0.2, 0.25) is 0 Å². The van der Waals surface area contributed by atoms with Crippen molar-refractivity contribution >= 4 is 5.69 Å². The van der Waals surface area contributed by atoms with E-state index in [0.717, 1.165) is 51.1 Å². The lowest BCUT2D eigenvalue weighted by molar-refractivity contribution is 0.117. The van der Waals surface area contributed by atoms with Crippen LogP contribution in [0.3, 0.4) is 0 Å². The molecule has 1 aliphatic heterocycles. The maximum absolute atomic E-state index is 10.6. The Morgan fingerprint density at radius 2 is 2.00 bits per heavy atom. The van der Waals surface area contributed by atoms with Gasteiger partial charge in [-0.2, -0.15) is 0 Å². The summed E-state index contributed by atoms with van der Waals surface area (Å²) in [5, 5.41) is 10.6. The molecule has 1 aliphatic carbocycles. The summed E-state index contributed by atoms with van der Waals surface area (Å²) in [6, 6.07) is 13.3. The van der Waals surface area contributed by atoms with Crippen LogP contribution in [-0.2, 0) is 6.42 Å². The van der Waals surface area contributed by atoms with Gasteiger partial charge < -0.3 is 10.0 Å². The Labute approximate surface area is 162 Å². The van der Waals surface area contributed by atoms with Crippen LogP contribution in [0.25, 0.3) is 0 Å². The van der Waals surface area contributed by atoms with Gasteiger partial charge in [0.25, 0.3) is 0 Å². The normalized spacial score (nSPS) is 26.5. The quantitative estimate of drug-likeness (QED) is 0.844. The molecule has 1 fully saturated rings. The number of rotatable bonds is 3. The molecule has 2 aliphatic rings. The van der Waals surface area contributed by atoms with Crippen molar-refractivity contribution in [1.82, 2.24) is 9.88 Å². The van der Waals surface area contributed by atoms with Gasteiger partial charge in [0, 0.05) is 44.1 Å². The summed E-state index contributed by atoms with van der Waals surface area (Å²) >= 11 is 0. The van der Waals surface area contributed by atoms with Gasteiger partial charge in [0.15, 0.2) is 0 Å². The summed E-state index contributed by atoms with van der Waals surface area (Å²) < 4.78 is 0. The van der Waals surface area contributed by atoms with Gasteiger partial charge in [-0.1, -0.05) is 24.3 Å². The van der Waals surface area contributed by atoms with Crippen molar-refractivity contribution in [3.8, 4) is 0 Å². The summed E-state index contributed by atoms with van der Waals surface area (Å²) in [5.74, 6) is 0.534. The maximum Gasteiger partial charge on any atom is 0.0965 e. The van der Waals surface area contributed by atoms with E-state index in [0.29, 0.717) is 12.0 Å². The number of hydrogen-bond donors (Lipinski definition) is 1. The minimum atomic E-state index is -0.417. The highest BCUT2D eigenvalue weighted by Crippen LogP contribution is 2.32. The van der Waals surface area contributed by atoms with Crippen LogP contribution in [0.5, 0.6) is 0 Å². The van der Waals surface area contributed by atoms with Crippen LogP contribution < -0.4 is 4.90 Å². The third-order valence-corrected chi connectivity index (χ3v) is 6.27. The van der Waals surface area contributed by atoms with Crippen molar-refractivity contribution in [2.75, 3.05) is 31.1 Å². The van der Waals surface area contributed by atoms with Crippen LogP contribution in [0.15, 0.2) is 42.6 Å². The number of fused-ring (bicyclic) bond motifs is 1. The minimum Gasteiger partial charge on any atom is -0.387 e. The summed E-state index contributed by atoms with van der Waals surface area (Å²) in [6.07, 6.45) is 4.39. The number of benzene rings is 1. The van der Waals surface area contributed by atoms with E-state index in [1.807, 2.05) is 6.07 Å². The van der Waals surface area contributed by atoms with E-state index in [2.05, 4.69) is 59.0 Å². The molecule has 1 unspecified atom stereocenters. The van der Waals surface area contributed by atoms with Crippen molar-refractivity contribution in [2.24, 2.45) is 5.92 Å². The zero-order chi connectivity index (χ0) is 18.8. The molecule has 0 bridgehead atoms. The molecule has 0 radical (unpaired) electrons. The van der Waals surface area contributed by atoms with Gasteiger partial charge in [-0.25, -0.2) is 0 Å². The predicted molar refractivity (Wildman–Crippen MR) is 110 cm³/mol. The zero-order valence-corrected chi connectivity index (χ0v) is 16.5. The SMILES string of the molecule is Cc1ccccc1N1CCN(C[C@@H]2CCc3cccnc3[C@@H](O)C2)CC1C. The monoisotopic (exact) mass is 365 g/mol. The third-order valence-electron chi connectivity index (χ3n) is 6.27. The standard InChI is InChI=1S/C23H31N3O/c1-17-6-3-4-8-21(17)26-13-12-25(15-18(26)2)16-19-9-10-20-7-5-11-24-23(20)22(27)14-19/h3-8,11,18-19,22,27H,9-10,12-16H2,1-2H3/t18?,19-,22+/m1/s1. The molecule has 1 N–H and O–H groups in total. The maximum atomic E-state index is 10.6. The number of nitrogens with zero attached hydrogens (tertiary/aromatic N) is 3. The van der Waals surface area contributed by atoms with Crippen molar-refractivity contribution in [3.05, 3.63) is 59.4 Å². The van der Waals surface area contributed by atoms with Gasteiger partial charge in [-0.3, -0.25) is 9.88 Å². The Bertz CT molecular complexity index is 778. The topological polar surface area (TPSA) is 39.6 Å². The predicted octanol–water partition coefficient (Wildman–Crippen LogP) is 3.59. The first-order valence-electron chi connectivity index (χ1n) is 10.3. The first-order chi connectivity index (χ1) is 13.1. The second-order valence-corrected chi connectivity index (χ2v) is 8.29. The lowest BCUT2D eigenvalue weighted by Crippen LogP contribution is -2.53. The van der Waals surface area contributed by atoms with Gasteiger partial charge >= 0.3 is 0 Å². The first-order valence-corrected chi connectivity index (χ1v) is 10.3. The smallest absolute Gasteiger partial charge is 0.0965 e. The van der Waals surface area contributed by atoms with Crippen LogP contribution >= 0.6 is 0 Å². The Morgan fingerprint density at radius 1 is 1.15 bits per heavy atom. The number of hydrogen-bond acceptors (Lipinski definition) is 4. The minimum absolute atomic E-state index is 0.417. The number of aliphatic hydroxyl groups excluding tert-OH is 1. The van der Waals surface area contributed by atoms with E-state index in [9.17, 15) is 5.11 Å². The van der Waals surface area contributed by atoms with Crippen LogP contribution in [0, 0.1) is 12.8 Å². The summed E-state index contributed by atoms with van der Waals surface area (Å²) in [5.41, 5.74) is 4.86. The fourth-order valence-corrected chi connectivity index (χ4v) is 4.84. The van der Waals surface area contributed by atoms with E-state index in [-0.39, 0.29) is 0 Å². The average molecular weight is 366 g/mol. The summed E-state index contributed by atoms with van der Waals surface area (Å²) in [4.78, 5) is 9.58. The van der Waals surface area contributed by atoms with Gasteiger partial charge in [-0.15, -0.1) is 0 Å². The Balaban J connectivity index is 1.37. The van der Waals surface area contributed by atoms with Gasteiger partial charge in [0.2, 0.25) is 0 Å². The van der Waals surface area contributed by atoms with Gasteiger partial charge in [0.1, 0.15) is 0 Å². The molecule has 1 aromatic heterocycles. The van der Waals surface area contributed by atoms with Crippen molar-refractivity contribution < 1.29 is 5.11 Å². The molecule has 0 saturated carbocycles. The second kappa shape index (κ2) is 7.99. The fraction of sp³-hybridized carbons (Fsp3) is 0.522. The van der Waals surface area contributed by atoms with Crippen molar-refractivity contribution in [1.29, 1.82) is 0 Å². The van der Waals surface area contributed by atoms with Crippen LogP contribution in [0.1, 0.15) is 42.7 Å². The van der Waals surface area contributed by atoms with E-state index in [1.54, 1.807) is 6.20 Å². The third kappa shape index (κ3) is 4.02. The molecule has 144 valence electrons. The first kappa shape index (κ1) is 18.5. The number of anilines is 1. The van der Waals surface area contributed by atoms with Gasteiger partial charge in [-0.05, 0) is 62.3 Å². The molecule has 2 heterocycles. The Kier molecular flexibility index (Phi) is 5.46. The summed E-state index contributed by atoms with van der Waals surface area (Å²) in [7, 11) is 0. The Morgan fingerprint density at radius 3 is 2.81 bits per heavy atom. The lowest BCUT2D eigenvalue weighted by atomic mass is 9.97. The molecule has 1 saturated heterocycles. The number of para-hydroxylation sites is 1. The number of aliphatic hydroxyl groups is 1. The van der Waals surface area contributed by atoms with E-state index in [4.69, 9.17) is 0 Å². The number of aromatic nitrogens is 1. The van der Waals surface area contributed by atoms with Crippen molar-refractivity contribution in [2.45, 2.75) is 45.3 Å². The van der Waals surface area contributed by atoms with E-state index < -0.39 is 6.10 Å². The largest absolute Gasteiger partial charge is 0.387 e. The van der Waals surface area contributed by atoms with E-state index >= 15 is 0 Å².